The van der Waals surface area contributed by atoms with Crippen LogP contribution in [0, 0.1) is 23.7 Å². The minimum absolute atomic E-state index is 0.0630. The van der Waals surface area contributed by atoms with E-state index in [0.717, 1.165) is 62.7 Å². The Balaban J connectivity index is 1.66. The number of likely N-dealkylation sites (tertiary alicyclic amines) is 2. The molecule has 2 amide bonds. The lowest BCUT2D eigenvalue weighted by Crippen LogP contribution is -2.50. The van der Waals surface area contributed by atoms with Crippen molar-refractivity contribution in [2.75, 3.05) is 93.0 Å². The van der Waals surface area contributed by atoms with E-state index >= 15 is 0 Å². The molecule has 0 radical (unpaired) electrons. The Morgan fingerprint density at radius 1 is 0.714 bits per heavy atom. The lowest BCUT2D eigenvalue weighted by atomic mass is 9.70. The normalized spacial score (nSPS) is 25.9. The summed E-state index contributed by atoms with van der Waals surface area (Å²) in [6.07, 6.45) is 4.65. The molecule has 2 heterocycles. The van der Waals surface area contributed by atoms with E-state index in [4.69, 9.17) is 14.2 Å². The van der Waals surface area contributed by atoms with Gasteiger partial charge in [-0.2, -0.15) is 0 Å². The number of piperidine rings is 2. The topological polar surface area (TPSA) is 92.4 Å². The van der Waals surface area contributed by atoms with Crippen molar-refractivity contribution in [3.05, 3.63) is 0 Å². The van der Waals surface area contributed by atoms with Crippen LogP contribution in [-0.4, -0.2) is 115 Å². The molecule has 2 N–H and O–H groups in total. The quantitative estimate of drug-likeness (QED) is 0.309. The van der Waals surface area contributed by atoms with Gasteiger partial charge in [-0.1, -0.05) is 13.8 Å². The Kier molecular flexibility index (Phi) is 14.8. The van der Waals surface area contributed by atoms with Crippen LogP contribution in [-0.2, 0) is 23.8 Å². The molecule has 0 aromatic heterocycles. The van der Waals surface area contributed by atoms with Gasteiger partial charge in [-0.15, -0.1) is 0 Å². The summed E-state index contributed by atoms with van der Waals surface area (Å²) < 4.78 is 16.5. The molecule has 35 heavy (non-hydrogen) atoms. The summed E-state index contributed by atoms with van der Waals surface area (Å²) in [4.78, 5) is 27.6. The van der Waals surface area contributed by atoms with Gasteiger partial charge in [0.15, 0.2) is 0 Å². The Morgan fingerprint density at radius 2 is 1.23 bits per heavy atom. The molecule has 0 aromatic rings. The highest BCUT2D eigenvalue weighted by Crippen LogP contribution is 2.37. The van der Waals surface area contributed by atoms with Gasteiger partial charge < -0.3 is 34.6 Å². The molecule has 9 heteroatoms. The van der Waals surface area contributed by atoms with Crippen molar-refractivity contribution in [3.8, 4) is 0 Å². The number of carbonyl (C=O) groups is 2. The number of rotatable bonds is 16. The van der Waals surface area contributed by atoms with Crippen molar-refractivity contribution in [2.24, 2.45) is 23.7 Å². The van der Waals surface area contributed by atoms with E-state index in [1.54, 1.807) is 14.1 Å². The fourth-order valence-corrected chi connectivity index (χ4v) is 5.29. The summed E-state index contributed by atoms with van der Waals surface area (Å²) in [7, 11) is 3.24. The lowest BCUT2D eigenvalue weighted by molar-refractivity contribution is -0.126. The molecule has 0 bridgehead atoms. The summed E-state index contributed by atoms with van der Waals surface area (Å²) in [5.41, 5.74) is 0. The van der Waals surface area contributed by atoms with Gasteiger partial charge in [0.05, 0.1) is 19.8 Å². The molecule has 2 aliphatic rings. The second-order valence-corrected chi connectivity index (χ2v) is 10.2. The van der Waals surface area contributed by atoms with Crippen LogP contribution in [0.25, 0.3) is 0 Å². The number of carbonyl (C=O) groups excluding carboxylic acids is 2. The van der Waals surface area contributed by atoms with E-state index in [9.17, 15) is 9.59 Å². The highest BCUT2D eigenvalue weighted by Gasteiger charge is 2.37. The summed E-state index contributed by atoms with van der Waals surface area (Å²) in [6, 6.07) is 0. The zero-order valence-corrected chi connectivity index (χ0v) is 22.6. The molecule has 2 saturated heterocycles. The van der Waals surface area contributed by atoms with Crippen molar-refractivity contribution in [1.82, 2.24) is 20.4 Å². The lowest BCUT2D eigenvalue weighted by Gasteiger charge is -2.47. The first kappa shape index (κ1) is 30.0. The first-order chi connectivity index (χ1) is 16.9. The van der Waals surface area contributed by atoms with E-state index in [-0.39, 0.29) is 25.0 Å². The van der Waals surface area contributed by atoms with Crippen LogP contribution < -0.4 is 10.6 Å². The number of unbranched alkanes of at least 4 members (excludes halogenated alkanes) is 1. The molecule has 0 aromatic carbocycles. The van der Waals surface area contributed by atoms with E-state index in [1.807, 2.05) is 0 Å². The van der Waals surface area contributed by atoms with E-state index in [0.29, 0.717) is 26.4 Å². The van der Waals surface area contributed by atoms with Gasteiger partial charge in [-0.3, -0.25) is 9.59 Å². The van der Waals surface area contributed by atoms with Gasteiger partial charge in [-0.25, -0.2) is 0 Å². The van der Waals surface area contributed by atoms with E-state index < -0.39 is 0 Å². The van der Waals surface area contributed by atoms with Crippen molar-refractivity contribution in [1.29, 1.82) is 0 Å². The summed E-state index contributed by atoms with van der Waals surface area (Å²) >= 11 is 0. The van der Waals surface area contributed by atoms with Gasteiger partial charge in [0.2, 0.25) is 11.8 Å². The van der Waals surface area contributed by atoms with E-state index in [2.05, 4.69) is 34.3 Å². The Hall–Kier alpha value is -1.26. The standard InChI is InChI=1S/C26H50N4O5/c1-21-7-10-29(9-5-6-13-34-19-25(31)27-3)17-23(21)24-18-30(11-8-22(24)2)12-14-33-15-16-35-20-26(32)28-4/h21-24H,5-20H2,1-4H3,(H,27,31)(H,28,32)/t21-,22+,23?,24?/m1/s1. The second-order valence-electron chi connectivity index (χ2n) is 10.2. The molecule has 4 atom stereocenters. The first-order valence-corrected chi connectivity index (χ1v) is 13.5. The Bertz CT molecular complexity index is 608. The third-order valence-corrected chi connectivity index (χ3v) is 7.71. The number of ether oxygens (including phenoxy) is 3. The Morgan fingerprint density at radius 3 is 1.80 bits per heavy atom. The summed E-state index contributed by atoms with van der Waals surface area (Å²) in [5.74, 6) is 2.82. The first-order valence-electron chi connectivity index (χ1n) is 13.5. The molecule has 0 spiro atoms. The molecule has 0 aliphatic carbocycles. The molecule has 2 fully saturated rings. The molecular weight excluding hydrogens is 448 g/mol. The van der Waals surface area contributed by atoms with Crippen LogP contribution in [0.5, 0.6) is 0 Å². The fourth-order valence-electron chi connectivity index (χ4n) is 5.29. The SMILES string of the molecule is CNC(=O)COCCCCN1CC[C@@H](C)C(C2CN(CCOCCOCC(=O)NC)CC[C@@H]2C)C1. The maximum atomic E-state index is 11.2. The zero-order valence-electron chi connectivity index (χ0n) is 22.6. The number of likely N-dealkylation sites (N-methyl/N-ethyl adjacent to an activating group) is 2. The molecule has 0 saturated carbocycles. The van der Waals surface area contributed by atoms with Gasteiger partial charge in [0.1, 0.15) is 13.2 Å². The highest BCUT2D eigenvalue weighted by molar-refractivity contribution is 5.77. The minimum atomic E-state index is -0.110. The second kappa shape index (κ2) is 17.2. The van der Waals surface area contributed by atoms with Crippen molar-refractivity contribution in [3.63, 3.8) is 0 Å². The number of nitrogens with one attached hydrogen (secondary N) is 2. The predicted octanol–water partition coefficient (Wildman–Crippen LogP) is 1.22. The van der Waals surface area contributed by atoms with Crippen LogP contribution in [0.1, 0.15) is 39.5 Å². The van der Waals surface area contributed by atoms with Crippen LogP contribution in [0.3, 0.4) is 0 Å². The highest BCUT2D eigenvalue weighted by atomic mass is 16.5. The predicted molar refractivity (Wildman–Crippen MR) is 137 cm³/mol. The summed E-state index contributed by atoms with van der Waals surface area (Å²) in [5, 5.41) is 5.12. The largest absolute Gasteiger partial charge is 0.378 e. The number of nitrogens with zero attached hydrogens (tertiary/aromatic N) is 2. The smallest absolute Gasteiger partial charge is 0.245 e. The van der Waals surface area contributed by atoms with Crippen LogP contribution in [0.2, 0.25) is 0 Å². The van der Waals surface area contributed by atoms with Crippen molar-refractivity contribution in [2.45, 2.75) is 39.5 Å². The van der Waals surface area contributed by atoms with Crippen LogP contribution in [0.4, 0.5) is 0 Å². The maximum absolute atomic E-state index is 11.2. The molecule has 2 aliphatic heterocycles. The number of hydrogen-bond donors (Lipinski definition) is 2. The average molecular weight is 499 g/mol. The average Bonchev–Trinajstić information content (AvgIpc) is 2.87. The third-order valence-electron chi connectivity index (χ3n) is 7.71. The van der Waals surface area contributed by atoms with E-state index in [1.165, 1.54) is 25.9 Å². The van der Waals surface area contributed by atoms with Gasteiger partial charge in [0.25, 0.3) is 0 Å². The fraction of sp³-hybridized carbons (Fsp3) is 0.923. The molecule has 2 unspecified atom stereocenters. The maximum Gasteiger partial charge on any atom is 0.245 e. The molecule has 204 valence electrons. The molecular formula is C26H50N4O5. The van der Waals surface area contributed by atoms with Crippen molar-refractivity contribution < 1.29 is 23.8 Å². The number of amides is 2. The van der Waals surface area contributed by atoms with Gasteiger partial charge in [0, 0.05) is 40.3 Å². The third kappa shape index (κ3) is 11.6. The minimum Gasteiger partial charge on any atom is -0.378 e. The van der Waals surface area contributed by atoms with Crippen molar-refractivity contribution >= 4 is 11.8 Å². The van der Waals surface area contributed by atoms with Crippen LogP contribution >= 0.6 is 0 Å². The monoisotopic (exact) mass is 498 g/mol. The molecule has 2 rings (SSSR count). The summed E-state index contributed by atoms with van der Waals surface area (Å²) in [6.45, 7) is 14.2. The van der Waals surface area contributed by atoms with Gasteiger partial charge in [-0.05, 0) is 69.0 Å². The van der Waals surface area contributed by atoms with Gasteiger partial charge >= 0.3 is 0 Å². The molecule has 9 nitrogen and oxygen atoms in total. The zero-order chi connectivity index (χ0) is 25.5. The van der Waals surface area contributed by atoms with Crippen LogP contribution in [0.15, 0.2) is 0 Å². The Labute approximate surface area is 212 Å². The number of hydrogen-bond acceptors (Lipinski definition) is 7.